The van der Waals surface area contributed by atoms with Crippen molar-refractivity contribution in [2.45, 2.75) is 113 Å². The van der Waals surface area contributed by atoms with Gasteiger partial charge in [-0.05, 0) is 0 Å². The van der Waals surface area contributed by atoms with Crippen LogP contribution < -0.4 is 0 Å². The summed E-state index contributed by atoms with van der Waals surface area (Å²) in [4.78, 5) is 0. The number of alkyl halides is 6. The summed E-state index contributed by atoms with van der Waals surface area (Å²) in [6.45, 7) is 28.3. The summed E-state index contributed by atoms with van der Waals surface area (Å²) in [6, 6.07) is 11.1. The van der Waals surface area contributed by atoms with Gasteiger partial charge in [-0.15, -0.1) is 0 Å². The average Bonchev–Trinajstić information content (AvgIpc) is 3.70. The van der Waals surface area contributed by atoms with Gasteiger partial charge in [0.1, 0.15) is 0 Å². The van der Waals surface area contributed by atoms with Gasteiger partial charge in [-0.25, -0.2) is 0 Å². The number of halogens is 6. The summed E-state index contributed by atoms with van der Waals surface area (Å²) >= 11 is -4.28. The van der Waals surface area contributed by atoms with E-state index in [1.54, 1.807) is 12.1 Å². The Morgan fingerprint density at radius 2 is 1.16 bits per heavy atom. The molecule has 6 aliphatic rings. The van der Waals surface area contributed by atoms with Crippen LogP contribution in [0.5, 0.6) is 0 Å². The summed E-state index contributed by atoms with van der Waals surface area (Å²) in [6.07, 6.45) is 22.6. The molecule has 0 radical (unpaired) electrons. The molecule has 6 aliphatic carbocycles. The van der Waals surface area contributed by atoms with Crippen LogP contribution in [-0.2, 0) is 27.9 Å². The Hall–Kier alpha value is -3.57. The Morgan fingerprint density at radius 1 is 0.667 bits per heavy atom. The molecule has 0 nitrogen and oxygen atoms in total. The number of benzene rings is 2. The second kappa shape index (κ2) is 14.5. The molecule has 63 heavy (non-hydrogen) atoms. The van der Waals surface area contributed by atoms with E-state index in [-0.39, 0.29) is 27.2 Å². The van der Waals surface area contributed by atoms with E-state index in [4.69, 9.17) is 0 Å². The van der Waals surface area contributed by atoms with E-state index >= 15 is 0 Å². The first-order valence-corrected chi connectivity index (χ1v) is 27.8. The quantitative estimate of drug-likeness (QED) is 0.200. The molecule has 2 fully saturated rings. The SMILES string of the molecule is CCCC1C=C(C(C)(C)C)C=[C]1[Zn](=[C](c1cccc(C(F)(F)F)c1)c1cccc(C(F)(F)F)c1)[CH]1C2C=CC=C(C)C2(C)C2(C)C3(C)C=CC=CC3(C)C3(C)C=CC=CC3(C)C12C. The van der Waals surface area contributed by atoms with Gasteiger partial charge in [-0.2, -0.15) is 0 Å². The number of hydrogen-bond acceptors (Lipinski definition) is 0. The van der Waals surface area contributed by atoms with Gasteiger partial charge in [-0.3, -0.25) is 0 Å². The third-order valence-electron chi connectivity index (χ3n) is 19.7. The Labute approximate surface area is 377 Å². The minimum absolute atomic E-state index is 0.00433. The van der Waals surface area contributed by atoms with Crippen molar-refractivity contribution in [3.63, 3.8) is 0 Å². The molecule has 2 aromatic rings. The van der Waals surface area contributed by atoms with Crippen molar-refractivity contribution in [2.24, 2.45) is 55.2 Å². The third kappa shape index (κ3) is 5.84. The Bertz CT molecular complexity index is 2470. The molecule has 8 rings (SSSR count). The molecule has 10 atom stereocenters. The van der Waals surface area contributed by atoms with E-state index in [2.05, 4.69) is 162 Å². The van der Waals surface area contributed by atoms with Crippen LogP contribution in [0.3, 0.4) is 0 Å². The monoisotopic (exact) mass is 914 g/mol. The molecule has 0 bridgehead atoms. The summed E-state index contributed by atoms with van der Waals surface area (Å²) in [5.74, 6) is -0.0745. The molecule has 0 aliphatic heterocycles. The predicted molar refractivity (Wildman–Crippen MR) is 244 cm³/mol. The molecule has 2 saturated carbocycles. The Balaban J connectivity index is 1.64. The molecule has 7 heteroatoms. The summed E-state index contributed by atoms with van der Waals surface area (Å²) in [5, 5.41) is 0. The standard InChI is InChI=1S/C29H37.C15H8F6.C12H19.Zn/c1-21-14-13-15-22-20-27(6)25(4)18-10-9-16-23(25,2)24(3)17-11-12-19-26(24,5)29(27,8)28(21,22)7;16-14(17,18)12-5-1-3-10(8-12)7-11-4-2-6-13(9-11)15(19,20)21;1-5-6-10-7-8-11(9-10)12(2,3)4;/h9-20,22H,1-8H3;1-6,8-9H;8-10H,5-6H2,1-4H3;. The van der Waals surface area contributed by atoms with Crippen molar-refractivity contribution in [1.29, 1.82) is 0 Å². The van der Waals surface area contributed by atoms with Crippen LogP contribution in [-0.4, -0.2) is 4.11 Å². The normalized spacial score (nSPS) is 37.6. The fraction of sp³-hybridized carbons (Fsp3) is 0.482. The van der Waals surface area contributed by atoms with Crippen molar-refractivity contribution in [2.75, 3.05) is 0 Å². The maximum atomic E-state index is 15.0. The van der Waals surface area contributed by atoms with Crippen molar-refractivity contribution >= 4 is 4.11 Å². The van der Waals surface area contributed by atoms with Crippen LogP contribution in [0.2, 0.25) is 4.51 Å². The molecule has 0 N–H and O–H groups in total. The van der Waals surface area contributed by atoms with Crippen molar-refractivity contribution in [3.05, 3.63) is 165 Å². The summed E-state index contributed by atoms with van der Waals surface area (Å²) in [5.41, 5.74) is -1.98. The third-order valence-corrected chi connectivity index (χ3v) is 31.0. The first-order chi connectivity index (χ1) is 29.1. The van der Waals surface area contributed by atoms with E-state index in [9.17, 15) is 26.3 Å². The van der Waals surface area contributed by atoms with Gasteiger partial charge >= 0.3 is 379 Å². The average molecular weight is 917 g/mol. The molecular formula is C56H64F6Zn. The zero-order valence-electron chi connectivity index (χ0n) is 39.2. The first kappa shape index (κ1) is 46.0. The van der Waals surface area contributed by atoms with Gasteiger partial charge in [0.05, 0.1) is 0 Å². The molecule has 0 saturated heterocycles. The van der Waals surface area contributed by atoms with E-state index in [1.807, 2.05) is 0 Å². The number of allylic oxidation sites excluding steroid dienone is 16. The second-order valence-electron chi connectivity index (χ2n) is 22.3. The number of rotatable bonds is 6. The van der Waals surface area contributed by atoms with E-state index in [1.165, 1.54) is 39.6 Å². The fourth-order valence-corrected chi connectivity index (χ4v) is 30.0. The van der Waals surface area contributed by atoms with Crippen LogP contribution in [0.25, 0.3) is 0 Å². The van der Waals surface area contributed by atoms with Gasteiger partial charge in [0, 0.05) is 0 Å². The number of fused-ring (bicyclic) bond motifs is 8. The molecule has 0 aromatic heterocycles. The number of hydrogen-bond donors (Lipinski definition) is 0. The minimum atomic E-state index is -4.65. The molecule has 0 heterocycles. The Kier molecular flexibility index (Phi) is 10.6. The fourth-order valence-electron chi connectivity index (χ4n) is 15.8. The molecule has 0 amide bonds. The summed E-state index contributed by atoms with van der Waals surface area (Å²) < 4.78 is 91.7. The Morgan fingerprint density at radius 3 is 1.65 bits per heavy atom. The van der Waals surface area contributed by atoms with Crippen LogP contribution in [0.1, 0.15) is 118 Å². The van der Waals surface area contributed by atoms with Gasteiger partial charge in [0.2, 0.25) is 0 Å². The van der Waals surface area contributed by atoms with Crippen LogP contribution >= 0.6 is 0 Å². The zero-order valence-corrected chi connectivity index (χ0v) is 42.2. The van der Waals surface area contributed by atoms with Gasteiger partial charge in [0.25, 0.3) is 0 Å². The van der Waals surface area contributed by atoms with Crippen LogP contribution in [0, 0.1) is 55.2 Å². The zero-order chi connectivity index (χ0) is 46.2. The van der Waals surface area contributed by atoms with Gasteiger partial charge in [0.15, 0.2) is 0 Å². The van der Waals surface area contributed by atoms with Crippen molar-refractivity contribution in [3.8, 4) is 0 Å². The van der Waals surface area contributed by atoms with Gasteiger partial charge in [-0.1, -0.05) is 0 Å². The molecule has 0 spiro atoms. The van der Waals surface area contributed by atoms with Crippen LogP contribution in [0.15, 0.2) is 143 Å². The molecule has 2 aromatic carbocycles. The van der Waals surface area contributed by atoms with E-state index < -0.39 is 71.5 Å². The molecule has 10 unspecified atom stereocenters. The van der Waals surface area contributed by atoms with Crippen LogP contribution in [0.4, 0.5) is 26.3 Å². The predicted octanol–water partition coefficient (Wildman–Crippen LogP) is 16.4. The summed E-state index contributed by atoms with van der Waals surface area (Å²) in [7, 11) is 0. The van der Waals surface area contributed by atoms with Crippen molar-refractivity contribution in [1.82, 2.24) is 0 Å². The molecular weight excluding hydrogens is 852 g/mol. The van der Waals surface area contributed by atoms with E-state index in [0.717, 1.165) is 29.1 Å². The topological polar surface area (TPSA) is 0 Å². The maximum absolute atomic E-state index is 15.0. The van der Waals surface area contributed by atoms with Gasteiger partial charge < -0.3 is 0 Å². The molecule has 332 valence electrons. The first-order valence-electron chi connectivity index (χ1n) is 23.1. The van der Waals surface area contributed by atoms with E-state index in [0.29, 0.717) is 11.1 Å². The van der Waals surface area contributed by atoms with Crippen molar-refractivity contribution < 1.29 is 41.8 Å². The second-order valence-corrected chi connectivity index (χ2v) is 29.8.